The van der Waals surface area contributed by atoms with Gasteiger partial charge in [0.25, 0.3) is 11.7 Å². The number of aromatic hydroxyl groups is 1. The fraction of sp³-hybridized carbons (Fsp3) is 0.333. The zero-order chi connectivity index (χ0) is 22.7. The van der Waals surface area contributed by atoms with Crippen molar-refractivity contribution in [3.8, 4) is 11.5 Å². The molecule has 2 aromatic carbocycles. The number of aryl methyl sites for hydroxylation is 1. The minimum atomic E-state index is -0.867. The van der Waals surface area contributed by atoms with Crippen LogP contribution in [-0.4, -0.2) is 53.2 Å². The summed E-state index contributed by atoms with van der Waals surface area (Å²) < 4.78 is 10.7. The van der Waals surface area contributed by atoms with Crippen molar-refractivity contribution in [1.82, 2.24) is 4.90 Å². The Morgan fingerprint density at radius 1 is 1.13 bits per heavy atom. The molecule has 1 unspecified atom stereocenters. The van der Waals surface area contributed by atoms with Crippen molar-refractivity contribution in [1.29, 1.82) is 0 Å². The van der Waals surface area contributed by atoms with Gasteiger partial charge in [-0.05, 0) is 38.5 Å². The van der Waals surface area contributed by atoms with E-state index in [1.165, 1.54) is 18.1 Å². The summed E-state index contributed by atoms with van der Waals surface area (Å²) in [5.74, 6) is -1.61. The number of amides is 1. The van der Waals surface area contributed by atoms with Gasteiger partial charge in [0.1, 0.15) is 5.76 Å². The Morgan fingerprint density at radius 3 is 2.39 bits per heavy atom. The number of methoxy groups -OCH3 is 1. The predicted octanol–water partition coefficient (Wildman–Crippen LogP) is 3.56. The Morgan fingerprint density at radius 2 is 1.81 bits per heavy atom. The van der Waals surface area contributed by atoms with Crippen molar-refractivity contribution in [3.05, 3.63) is 64.7 Å². The normalized spacial score (nSPS) is 18.1. The maximum absolute atomic E-state index is 12.9. The SMILES string of the molecule is COc1ccc(C2/C(=C(/O)c3ccc(C)cc3)C(=O)C(=O)N2CCOC(C)C)cc1O. The standard InChI is InChI=1S/C24H27NO6/c1-14(2)31-12-11-25-21(17-9-10-19(30-4)18(26)13-17)20(23(28)24(25)29)22(27)16-7-5-15(3)6-8-16/h5-10,13-14,21,26-27H,11-12H2,1-4H3/b22-20-. The van der Waals surface area contributed by atoms with Gasteiger partial charge < -0.3 is 24.6 Å². The van der Waals surface area contributed by atoms with E-state index in [1.54, 1.807) is 24.3 Å². The Balaban J connectivity index is 2.11. The number of ether oxygens (including phenoxy) is 2. The van der Waals surface area contributed by atoms with E-state index < -0.39 is 17.7 Å². The molecule has 2 aromatic rings. The number of likely N-dealkylation sites (tertiary alicyclic amines) is 1. The Hall–Kier alpha value is -3.32. The lowest BCUT2D eigenvalue weighted by atomic mass is 9.94. The quantitative estimate of drug-likeness (QED) is 0.400. The van der Waals surface area contributed by atoms with Crippen molar-refractivity contribution in [2.24, 2.45) is 0 Å². The number of benzene rings is 2. The molecular weight excluding hydrogens is 398 g/mol. The number of carbonyl (C=O) groups is 2. The fourth-order valence-electron chi connectivity index (χ4n) is 3.59. The van der Waals surface area contributed by atoms with Gasteiger partial charge >= 0.3 is 0 Å². The zero-order valence-corrected chi connectivity index (χ0v) is 18.1. The van der Waals surface area contributed by atoms with Crippen LogP contribution < -0.4 is 4.74 Å². The van der Waals surface area contributed by atoms with Gasteiger partial charge in [-0.15, -0.1) is 0 Å². The Bertz CT molecular complexity index is 1010. The van der Waals surface area contributed by atoms with E-state index in [4.69, 9.17) is 9.47 Å². The molecule has 1 aliphatic heterocycles. The topological polar surface area (TPSA) is 96.3 Å². The molecule has 0 bridgehead atoms. The van der Waals surface area contributed by atoms with Gasteiger partial charge in [0.15, 0.2) is 11.5 Å². The average molecular weight is 425 g/mol. The molecule has 0 radical (unpaired) electrons. The van der Waals surface area contributed by atoms with E-state index in [-0.39, 0.29) is 42.1 Å². The highest BCUT2D eigenvalue weighted by Gasteiger charge is 2.46. The Labute approximate surface area is 181 Å². The second-order valence-electron chi connectivity index (χ2n) is 7.71. The molecule has 1 amide bonds. The van der Waals surface area contributed by atoms with E-state index in [1.807, 2.05) is 32.9 Å². The summed E-state index contributed by atoms with van der Waals surface area (Å²) >= 11 is 0. The predicted molar refractivity (Wildman–Crippen MR) is 116 cm³/mol. The maximum atomic E-state index is 12.9. The van der Waals surface area contributed by atoms with Gasteiger partial charge in [0.2, 0.25) is 0 Å². The molecule has 7 heteroatoms. The van der Waals surface area contributed by atoms with E-state index in [2.05, 4.69) is 0 Å². The molecule has 1 saturated heterocycles. The number of carbonyl (C=O) groups excluding carboxylic acids is 2. The lowest BCUT2D eigenvalue weighted by Gasteiger charge is -2.26. The van der Waals surface area contributed by atoms with Gasteiger partial charge in [-0.2, -0.15) is 0 Å². The van der Waals surface area contributed by atoms with Gasteiger partial charge in [-0.25, -0.2) is 0 Å². The molecule has 0 aliphatic carbocycles. The van der Waals surface area contributed by atoms with Crippen molar-refractivity contribution < 1.29 is 29.3 Å². The molecular formula is C24H27NO6. The van der Waals surface area contributed by atoms with Crippen molar-refractivity contribution in [3.63, 3.8) is 0 Å². The third-order valence-corrected chi connectivity index (χ3v) is 5.17. The first kappa shape index (κ1) is 22.4. The molecule has 1 fully saturated rings. The summed E-state index contributed by atoms with van der Waals surface area (Å²) in [5, 5.41) is 21.3. The van der Waals surface area contributed by atoms with Crippen LogP contribution in [0.25, 0.3) is 5.76 Å². The van der Waals surface area contributed by atoms with E-state index in [0.717, 1.165) is 5.56 Å². The maximum Gasteiger partial charge on any atom is 0.295 e. The van der Waals surface area contributed by atoms with Gasteiger partial charge in [-0.1, -0.05) is 35.9 Å². The fourth-order valence-corrected chi connectivity index (χ4v) is 3.59. The van der Waals surface area contributed by atoms with Crippen LogP contribution in [0.15, 0.2) is 48.0 Å². The Kier molecular flexibility index (Phi) is 6.65. The molecule has 1 atom stereocenters. The molecule has 1 heterocycles. The van der Waals surface area contributed by atoms with Crippen LogP contribution in [0.1, 0.15) is 36.6 Å². The van der Waals surface area contributed by atoms with Crippen LogP contribution in [0, 0.1) is 6.92 Å². The smallest absolute Gasteiger partial charge is 0.295 e. The van der Waals surface area contributed by atoms with Crippen LogP contribution in [0.2, 0.25) is 0 Å². The lowest BCUT2D eigenvalue weighted by Crippen LogP contribution is -2.33. The number of aliphatic hydroxyl groups excluding tert-OH is 1. The first-order valence-corrected chi connectivity index (χ1v) is 10.1. The van der Waals surface area contributed by atoms with Crippen LogP contribution >= 0.6 is 0 Å². The number of hydrogen-bond acceptors (Lipinski definition) is 6. The number of aliphatic hydroxyl groups is 1. The number of hydrogen-bond donors (Lipinski definition) is 2. The molecule has 3 rings (SSSR count). The molecule has 31 heavy (non-hydrogen) atoms. The summed E-state index contributed by atoms with van der Waals surface area (Å²) in [6.07, 6.45) is -0.0344. The monoisotopic (exact) mass is 425 g/mol. The minimum absolute atomic E-state index is 0.0250. The van der Waals surface area contributed by atoms with E-state index in [9.17, 15) is 19.8 Å². The molecule has 0 spiro atoms. The van der Waals surface area contributed by atoms with Crippen molar-refractivity contribution in [2.75, 3.05) is 20.3 Å². The minimum Gasteiger partial charge on any atom is -0.507 e. The first-order valence-electron chi connectivity index (χ1n) is 10.1. The number of ketones is 1. The third-order valence-electron chi connectivity index (χ3n) is 5.17. The lowest BCUT2D eigenvalue weighted by molar-refractivity contribution is -0.140. The third kappa shape index (κ3) is 4.56. The van der Waals surface area contributed by atoms with Crippen LogP contribution in [0.4, 0.5) is 0 Å². The molecule has 7 nitrogen and oxygen atoms in total. The molecule has 2 N–H and O–H groups in total. The van der Waals surface area contributed by atoms with Crippen LogP contribution in [0.3, 0.4) is 0 Å². The summed E-state index contributed by atoms with van der Waals surface area (Å²) in [4.78, 5) is 27.2. The molecule has 164 valence electrons. The van der Waals surface area contributed by atoms with E-state index in [0.29, 0.717) is 11.1 Å². The van der Waals surface area contributed by atoms with Crippen molar-refractivity contribution >= 4 is 17.4 Å². The molecule has 0 saturated carbocycles. The van der Waals surface area contributed by atoms with Gasteiger partial charge in [-0.3, -0.25) is 9.59 Å². The van der Waals surface area contributed by atoms with Crippen LogP contribution in [0.5, 0.6) is 11.5 Å². The highest BCUT2D eigenvalue weighted by molar-refractivity contribution is 6.46. The molecule has 1 aliphatic rings. The number of nitrogens with zero attached hydrogens (tertiary/aromatic N) is 1. The second-order valence-corrected chi connectivity index (χ2v) is 7.71. The summed E-state index contributed by atoms with van der Waals surface area (Å²) in [5.41, 5.74) is 1.89. The average Bonchev–Trinajstić information content (AvgIpc) is 2.98. The van der Waals surface area contributed by atoms with Crippen LogP contribution in [-0.2, 0) is 14.3 Å². The summed E-state index contributed by atoms with van der Waals surface area (Å²) in [6, 6.07) is 10.8. The van der Waals surface area contributed by atoms with Gasteiger partial charge in [0, 0.05) is 12.1 Å². The van der Waals surface area contributed by atoms with E-state index >= 15 is 0 Å². The summed E-state index contributed by atoms with van der Waals surface area (Å²) in [7, 11) is 1.43. The summed E-state index contributed by atoms with van der Waals surface area (Å²) in [6.45, 7) is 6.06. The number of phenols is 1. The number of Topliss-reactive ketones (excluding diaryl/α,β-unsaturated/α-hetero) is 1. The first-order chi connectivity index (χ1) is 14.7. The second kappa shape index (κ2) is 9.22. The number of rotatable bonds is 7. The molecule has 0 aromatic heterocycles. The zero-order valence-electron chi connectivity index (χ0n) is 18.1. The van der Waals surface area contributed by atoms with Gasteiger partial charge in [0.05, 0.1) is 31.4 Å². The van der Waals surface area contributed by atoms with Crippen molar-refractivity contribution in [2.45, 2.75) is 32.9 Å². The number of phenolic OH excluding ortho intramolecular Hbond substituents is 1. The largest absolute Gasteiger partial charge is 0.507 e. The highest BCUT2D eigenvalue weighted by Crippen LogP contribution is 2.41. The highest BCUT2D eigenvalue weighted by atomic mass is 16.5.